The number of carbonyl (C=O) groups is 1. The summed E-state index contributed by atoms with van der Waals surface area (Å²) in [4.78, 5) is 12.1. The van der Waals surface area contributed by atoms with E-state index in [9.17, 15) is 4.79 Å². The molecule has 0 bridgehead atoms. The van der Waals surface area contributed by atoms with Gasteiger partial charge in [-0.15, -0.1) is 0 Å². The third-order valence-electron chi connectivity index (χ3n) is 3.65. The maximum Gasteiger partial charge on any atom is 0.251 e. The topological polar surface area (TPSA) is 49.3 Å². The van der Waals surface area contributed by atoms with Crippen molar-refractivity contribution in [3.05, 3.63) is 35.4 Å². The van der Waals surface area contributed by atoms with Crippen LogP contribution in [0.3, 0.4) is 0 Å². The number of hydrogen-bond donors (Lipinski definition) is 2. The Hall–Kier alpha value is -1.79. The summed E-state index contributed by atoms with van der Waals surface area (Å²) < 4.78 is 0. The molecule has 0 heterocycles. The molecule has 1 fully saturated rings. The first kappa shape index (κ1) is 13.6. The van der Waals surface area contributed by atoms with Crippen LogP contribution in [-0.2, 0) is 0 Å². The van der Waals surface area contributed by atoms with Gasteiger partial charge in [-0.3, -0.25) is 4.79 Å². The highest BCUT2D eigenvalue weighted by Crippen LogP contribution is 2.29. The molecule has 1 unspecified atom stereocenters. The van der Waals surface area contributed by atoms with Crippen LogP contribution < -0.4 is 5.32 Å². The average molecular weight is 257 g/mol. The van der Waals surface area contributed by atoms with Crippen LogP contribution in [0.2, 0.25) is 0 Å². The molecule has 1 aromatic rings. The van der Waals surface area contributed by atoms with Crippen molar-refractivity contribution < 1.29 is 9.90 Å². The van der Waals surface area contributed by atoms with E-state index in [-0.39, 0.29) is 18.6 Å². The van der Waals surface area contributed by atoms with Crippen LogP contribution >= 0.6 is 0 Å². The lowest BCUT2D eigenvalue weighted by Crippen LogP contribution is -2.40. The molecule has 0 saturated heterocycles. The summed E-state index contributed by atoms with van der Waals surface area (Å²) in [6.45, 7) is 1.90. The Balaban J connectivity index is 2.01. The molecule has 1 aliphatic carbocycles. The summed E-state index contributed by atoms with van der Waals surface area (Å²) in [6, 6.07) is 7.41. The molecule has 0 aromatic heterocycles. The number of nitrogens with one attached hydrogen (secondary N) is 1. The Morgan fingerprint density at radius 3 is 2.95 bits per heavy atom. The molecule has 1 aromatic carbocycles. The minimum absolute atomic E-state index is 0.0490. The van der Waals surface area contributed by atoms with Crippen molar-refractivity contribution in [1.29, 1.82) is 0 Å². The van der Waals surface area contributed by atoms with Gasteiger partial charge in [0.1, 0.15) is 6.61 Å². The predicted octanol–water partition coefficient (Wildman–Crippen LogP) is 1.95. The van der Waals surface area contributed by atoms with E-state index >= 15 is 0 Å². The molecule has 0 spiro atoms. The number of carbonyl (C=O) groups excluding carboxylic acids is 1. The van der Waals surface area contributed by atoms with Crippen molar-refractivity contribution >= 4 is 5.91 Å². The van der Waals surface area contributed by atoms with Crippen molar-refractivity contribution in [2.45, 2.75) is 32.2 Å². The normalized spacial score (nSPS) is 15.9. The van der Waals surface area contributed by atoms with E-state index in [0.717, 1.165) is 5.56 Å². The van der Waals surface area contributed by atoms with Crippen molar-refractivity contribution in [2.75, 3.05) is 6.61 Å². The monoisotopic (exact) mass is 257 g/mol. The highest BCUT2D eigenvalue weighted by Gasteiger charge is 2.25. The van der Waals surface area contributed by atoms with Gasteiger partial charge in [0.25, 0.3) is 5.91 Å². The van der Waals surface area contributed by atoms with Gasteiger partial charge in [0.05, 0.1) is 0 Å². The minimum atomic E-state index is -0.171. The van der Waals surface area contributed by atoms with E-state index < -0.39 is 0 Å². The SMILES string of the molecule is CC(NC(=O)c1cccc(C#CCO)c1)C1CCC1. The summed E-state index contributed by atoms with van der Waals surface area (Å²) >= 11 is 0. The molecule has 3 heteroatoms. The highest BCUT2D eigenvalue weighted by molar-refractivity contribution is 5.94. The second-order valence-corrected chi connectivity index (χ2v) is 4.99. The fourth-order valence-electron chi connectivity index (χ4n) is 2.23. The van der Waals surface area contributed by atoms with Crippen molar-refractivity contribution in [3.63, 3.8) is 0 Å². The molecule has 1 atom stereocenters. The van der Waals surface area contributed by atoms with Gasteiger partial charge in [0, 0.05) is 17.2 Å². The van der Waals surface area contributed by atoms with Gasteiger partial charge in [0.15, 0.2) is 0 Å². The van der Waals surface area contributed by atoms with Gasteiger partial charge in [-0.2, -0.15) is 0 Å². The van der Waals surface area contributed by atoms with E-state index in [1.165, 1.54) is 19.3 Å². The van der Waals surface area contributed by atoms with Crippen LogP contribution in [0.4, 0.5) is 0 Å². The zero-order chi connectivity index (χ0) is 13.7. The predicted molar refractivity (Wildman–Crippen MR) is 74.7 cm³/mol. The van der Waals surface area contributed by atoms with Gasteiger partial charge >= 0.3 is 0 Å². The molecule has 1 saturated carbocycles. The van der Waals surface area contributed by atoms with Gasteiger partial charge in [0.2, 0.25) is 0 Å². The van der Waals surface area contributed by atoms with Gasteiger partial charge in [-0.05, 0) is 43.9 Å². The Morgan fingerprint density at radius 1 is 1.53 bits per heavy atom. The second kappa shape index (κ2) is 6.40. The van der Waals surface area contributed by atoms with Crippen molar-refractivity contribution in [3.8, 4) is 11.8 Å². The van der Waals surface area contributed by atoms with E-state index in [2.05, 4.69) is 24.1 Å². The number of aliphatic hydroxyl groups is 1. The average Bonchev–Trinajstić information content (AvgIpc) is 2.34. The second-order valence-electron chi connectivity index (χ2n) is 4.99. The first-order chi connectivity index (χ1) is 9.20. The summed E-state index contributed by atoms with van der Waals surface area (Å²) in [6.07, 6.45) is 3.70. The fourth-order valence-corrected chi connectivity index (χ4v) is 2.23. The Labute approximate surface area is 114 Å². The molecular weight excluding hydrogens is 238 g/mol. The zero-order valence-electron chi connectivity index (χ0n) is 11.1. The minimum Gasteiger partial charge on any atom is -0.384 e. The lowest BCUT2D eigenvalue weighted by atomic mass is 9.80. The maximum atomic E-state index is 12.1. The number of amides is 1. The third-order valence-corrected chi connectivity index (χ3v) is 3.65. The summed E-state index contributed by atoms with van der Waals surface area (Å²) in [7, 11) is 0. The summed E-state index contributed by atoms with van der Waals surface area (Å²) in [5.41, 5.74) is 1.37. The van der Waals surface area contributed by atoms with Gasteiger partial charge < -0.3 is 10.4 Å². The van der Waals surface area contributed by atoms with E-state index in [1.54, 1.807) is 12.1 Å². The molecule has 0 aliphatic heterocycles. The number of rotatable bonds is 3. The third kappa shape index (κ3) is 3.59. The Bertz CT molecular complexity index is 509. The standard InChI is InChI=1S/C16H19NO2/c1-12(14-7-3-8-14)17-16(19)15-9-2-5-13(11-15)6-4-10-18/h2,5,9,11-12,14,18H,3,7-8,10H2,1H3,(H,17,19). The van der Waals surface area contributed by atoms with Crippen LogP contribution in [-0.4, -0.2) is 23.7 Å². The molecule has 1 aliphatic rings. The maximum absolute atomic E-state index is 12.1. The highest BCUT2D eigenvalue weighted by atomic mass is 16.2. The smallest absolute Gasteiger partial charge is 0.251 e. The fraction of sp³-hybridized carbons (Fsp3) is 0.438. The van der Waals surface area contributed by atoms with Gasteiger partial charge in [-0.25, -0.2) is 0 Å². The zero-order valence-corrected chi connectivity index (χ0v) is 11.1. The van der Waals surface area contributed by atoms with Crippen LogP contribution in [0.25, 0.3) is 0 Å². The first-order valence-electron chi connectivity index (χ1n) is 6.71. The van der Waals surface area contributed by atoms with Crippen LogP contribution in [0.1, 0.15) is 42.1 Å². The number of benzene rings is 1. The molecule has 19 heavy (non-hydrogen) atoms. The van der Waals surface area contributed by atoms with Crippen molar-refractivity contribution in [1.82, 2.24) is 5.32 Å². The van der Waals surface area contributed by atoms with E-state index in [1.807, 2.05) is 12.1 Å². The van der Waals surface area contributed by atoms with Crippen molar-refractivity contribution in [2.24, 2.45) is 5.92 Å². The molecular formula is C16H19NO2. The number of aliphatic hydroxyl groups excluding tert-OH is 1. The van der Waals surface area contributed by atoms with Crippen LogP contribution in [0, 0.1) is 17.8 Å². The van der Waals surface area contributed by atoms with E-state index in [4.69, 9.17) is 5.11 Å². The molecule has 0 radical (unpaired) electrons. The molecule has 2 rings (SSSR count). The molecule has 2 N–H and O–H groups in total. The molecule has 3 nitrogen and oxygen atoms in total. The van der Waals surface area contributed by atoms with Crippen LogP contribution in [0.15, 0.2) is 24.3 Å². The summed E-state index contributed by atoms with van der Waals surface area (Å²) in [5.74, 6) is 5.97. The van der Waals surface area contributed by atoms with Crippen LogP contribution in [0.5, 0.6) is 0 Å². The lowest BCUT2D eigenvalue weighted by Gasteiger charge is -2.31. The quantitative estimate of drug-likeness (QED) is 0.813. The summed E-state index contributed by atoms with van der Waals surface area (Å²) in [5, 5.41) is 11.7. The largest absolute Gasteiger partial charge is 0.384 e. The lowest BCUT2D eigenvalue weighted by molar-refractivity contribution is 0.0909. The number of hydrogen-bond acceptors (Lipinski definition) is 2. The first-order valence-corrected chi connectivity index (χ1v) is 6.71. The molecule has 1 amide bonds. The van der Waals surface area contributed by atoms with Gasteiger partial charge in [-0.1, -0.05) is 24.3 Å². The van der Waals surface area contributed by atoms with E-state index in [0.29, 0.717) is 11.5 Å². The molecule has 100 valence electrons. The Kier molecular flexibility index (Phi) is 4.59. The Morgan fingerprint density at radius 2 is 2.32 bits per heavy atom.